The molecule has 0 saturated heterocycles. The maximum Gasteiger partial charge on any atom is 1.00 e. The topological polar surface area (TPSA) is 544 Å². The van der Waals surface area contributed by atoms with E-state index in [9.17, 15) is 87.4 Å². The Morgan fingerprint density at radius 1 is 0.408 bits per heavy atom. The van der Waals surface area contributed by atoms with E-state index in [1.54, 1.807) is 0 Å². The van der Waals surface area contributed by atoms with Crippen LogP contribution < -0.4 is 209 Å². The molecular formula is C52H60N14Na6O20S6. The molecule has 98 heavy (non-hydrogen) atoms. The van der Waals surface area contributed by atoms with Gasteiger partial charge < -0.3 is 69.0 Å². The normalized spacial score (nSPS) is 11.8. The summed E-state index contributed by atoms with van der Waals surface area (Å²) >= 11 is 0. The number of nitrogens with zero attached hydrogens (tertiary/aromatic N) is 10. The third-order valence-electron chi connectivity index (χ3n) is 13.7. The van der Waals surface area contributed by atoms with E-state index in [0.717, 1.165) is 48.6 Å². The fraction of sp³-hybridized carbons (Fsp3) is 0.346. The van der Waals surface area contributed by atoms with Gasteiger partial charge in [-0.2, -0.15) is 29.9 Å². The van der Waals surface area contributed by atoms with Gasteiger partial charge in [-0.15, -0.1) is 0 Å². The van der Waals surface area contributed by atoms with E-state index in [1.165, 1.54) is 9.80 Å². The van der Waals surface area contributed by atoms with Gasteiger partial charge in [0.05, 0.1) is 29.4 Å². The van der Waals surface area contributed by atoms with Gasteiger partial charge in [-0.1, -0.05) is 52.0 Å². The van der Waals surface area contributed by atoms with Crippen molar-refractivity contribution >= 4 is 120 Å². The van der Waals surface area contributed by atoms with Crippen LogP contribution in [0.5, 0.6) is 0 Å². The average molecular weight is 1530 g/mol. The van der Waals surface area contributed by atoms with Crippen molar-refractivity contribution in [3.05, 3.63) is 83.9 Å². The number of nitrogens with one attached hydrogen (secondary N) is 2. The van der Waals surface area contributed by atoms with Gasteiger partial charge in [0.15, 0.2) is 11.6 Å². The van der Waals surface area contributed by atoms with Gasteiger partial charge in [0.25, 0.3) is 0 Å². The monoisotopic (exact) mass is 1530 g/mol. The summed E-state index contributed by atoms with van der Waals surface area (Å²) in [6, 6.07) is 9.17. The van der Waals surface area contributed by atoms with Gasteiger partial charge in [-0.3, -0.25) is 9.59 Å². The van der Waals surface area contributed by atoms with E-state index in [1.807, 2.05) is 27.7 Å². The molecule has 2 heterocycles. The fourth-order valence-corrected chi connectivity index (χ4v) is 12.7. The Morgan fingerprint density at radius 2 is 0.724 bits per heavy atom. The number of aromatic nitrogens is 6. The molecule has 0 fully saturated rings. The molecule has 0 atom stereocenters. The zero-order chi connectivity index (χ0) is 68.3. The number of amides is 2. The van der Waals surface area contributed by atoms with E-state index >= 15 is 0 Å². The number of carbonyl (C=O) groups is 2. The summed E-state index contributed by atoms with van der Waals surface area (Å²) in [5.41, 5.74) is 7.90. The first-order valence-electron chi connectivity index (χ1n) is 27.4. The van der Waals surface area contributed by atoms with Crippen molar-refractivity contribution in [2.75, 3.05) is 85.9 Å². The Morgan fingerprint density at radius 3 is 1.00 bits per heavy atom. The van der Waals surface area contributed by atoms with Crippen molar-refractivity contribution in [1.82, 2.24) is 39.7 Å². The summed E-state index contributed by atoms with van der Waals surface area (Å²) in [5.74, 6) is -4.87. The molecule has 2 amide bonds. The molecule has 0 spiro atoms. The minimum atomic E-state index is -5.53. The van der Waals surface area contributed by atoms with Crippen LogP contribution in [0.4, 0.5) is 35.2 Å². The van der Waals surface area contributed by atoms with Gasteiger partial charge in [-0.25, -0.2) is 50.5 Å². The molecule has 46 heteroatoms. The van der Waals surface area contributed by atoms with E-state index in [2.05, 4.69) is 50.3 Å². The Balaban J connectivity index is 0.0000157. The molecular weight excluding hydrogens is 1470 g/mol. The minimum Gasteiger partial charge on any atom is -0.744 e. The van der Waals surface area contributed by atoms with Crippen LogP contribution in [0.2, 0.25) is 0 Å². The van der Waals surface area contributed by atoms with Crippen molar-refractivity contribution in [3.8, 4) is 22.8 Å². The molecule has 0 radical (unpaired) electrons. The molecule has 500 valence electrons. The van der Waals surface area contributed by atoms with Crippen molar-refractivity contribution in [3.63, 3.8) is 0 Å². The Kier molecular flexibility index (Phi) is 41.0. The van der Waals surface area contributed by atoms with Crippen LogP contribution in [0.1, 0.15) is 64.5 Å². The number of benzene rings is 4. The molecule has 0 saturated carbocycles. The summed E-state index contributed by atoms with van der Waals surface area (Å²) in [7, 11) is -32.7. The molecule has 6 aromatic rings. The average Bonchev–Trinajstić information content (AvgIpc) is 0.781. The molecule has 0 unspecified atom stereocenters. The molecule has 0 bridgehead atoms. The third-order valence-corrected chi connectivity index (χ3v) is 18.9. The van der Waals surface area contributed by atoms with Gasteiger partial charge in [0, 0.05) is 61.5 Å². The van der Waals surface area contributed by atoms with E-state index in [4.69, 9.17) is 11.5 Å². The van der Waals surface area contributed by atoms with Gasteiger partial charge in [-0.05, 0) is 124 Å². The number of hydrogen-bond acceptors (Lipinski definition) is 32. The first kappa shape index (κ1) is 96.2. The smallest absolute Gasteiger partial charge is 0.744 e. The van der Waals surface area contributed by atoms with Crippen molar-refractivity contribution in [2.24, 2.45) is 11.5 Å². The summed E-state index contributed by atoms with van der Waals surface area (Å²) in [4.78, 5) is 50.6. The second-order valence-electron chi connectivity index (χ2n) is 19.9. The largest absolute Gasteiger partial charge is 1.00 e. The zero-order valence-corrected chi connectivity index (χ0v) is 72.1. The quantitative estimate of drug-likeness (QED) is 0.0166. The molecule has 0 aliphatic carbocycles. The molecule has 2 aromatic heterocycles. The molecule has 6 N–H and O–H groups in total. The number of rotatable bonds is 34. The molecule has 0 aliphatic heterocycles. The summed E-state index contributed by atoms with van der Waals surface area (Å²) in [6.07, 6.45) is 2.05. The summed E-state index contributed by atoms with van der Waals surface area (Å²) < 4.78 is 226. The fourth-order valence-electron chi connectivity index (χ4n) is 9.01. The van der Waals surface area contributed by atoms with E-state index in [0.29, 0.717) is 88.5 Å². The summed E-state index contributed by atoms with van der Waals surface area (Å²) in [5, 5.41) is 5.28. The minimum absolute atomic E-state index is 0. The van der Waals surface area contributed by atoms with Crippen LogP contribution in [0.3, 0.4) is 0 Å². The number of primary amides is 2. The predicted octanol–water partition coefficient (Wildman–Crippen LogP) is -16.7. The SMILES string of the molecule is CCN(CC)CCCN(CCC(N)=O)c1nc(Nc2ccc(C=Cc3ccc(Nc4nc(-c5cc(S(=O)(=O)[O-])ccc5S(=O)(=O)[O-])nc(N(CCCN(CC)CC)CCC(N)=O)n4)cc3S(=O)(=O)[O-])c(S(=O)(=O)[O-])c2)nc(-c2cc(S(=O)(=O)[O-])ccc2S(=O)(=O)[O-])n1.[Na+].[Na+].[Na+].[Na+].[Na+].[Na+]. The maximum atomic E-state index is 13.0. The Labute approximate surface area is 701 Å². The van der Waals surface area contributed by atoms with Gasteiger partial charge >= 0.3 is 177 Å². The molecule has 4 aromatic carbocycles. The summed E-state index contributed by atoms with van der Waals surface area (Å²) in [6.45, 7) is 11.1. The second kappa shape index (κ2) is 41.7. The van der Waals surface area contributed by atoms with Crippen LogP contribution in [-0.4, -0.2) is 195 Å². The van der Waals surface area contributed by atoms with Crippen molar-refractivity contribution < 1.29 is 265 Å². The van der Waals surface area contributed by atoms with Crippen molar-refractivity contribution in [2.45, 2.75) is 82.8 Å². The first-order valence-corrected chi connectivity index (χ1v) is 35.9. The second-order valence-corrected chi connectivity index (χ2v) is 28.0. The predicted molar refractivity (Wildman–Crippen MR) is 324 cm³/mol. The number of hydrogen-bond donors (Lipinski definition) is 4. The van der Waals surface area contributed by atoms with Gasteiger partial charge in [0.2, 0.25) is 35.6 Å². The van der Waals surface area contributed by atoms with Gasteiger partial charge in [0.1, 0.15) is 60.7 Å². The van der Waals surface area contributed by atoms with Crippen LogP contribution in [0.25, 0.3) is 34.9 Å². The third kappa shape index (κ3) is 28.6. The van der Waals surface area contributed by atoms with E-state index < -0.39 is 148 Å². The van der Waals surface area contributed by atoms with Crippen molar-refractivity contribution in [1.29, 1.82) is 0 Å². The number of nitrogens with two attached hydrogens (primary N) is 2. The Hall–Kier alpha value is -1.84. The zero-order valence-electron chi connectivity index (χ0n) is 55.2. The first-order chi connectivity index (χ1) is 42.8. The standard InChI is InChI=1S/C52H66N14O20S6.6Na/c1-5-63(6-2)23-9-25-65(27-21-45(53)67)51-59-47(39-31-37(87(69,70)71)17-19-41(39)89(75,76)77)57-49(61-51)55-35-15-13-33(43(29-35)91(81,82)83)11-12-34-14-16-36(30-44(34)92(84,85)86)56-50-58-48(40-32-38(88(72,73)74)18-20-42(40)90(78,79)80)60-52(62-50)66(28-22-46(54)68)26-10-24-64(7-3)8-4;;;;;;/h11-20,29-32H,5-10,21-28H2,1-4H3,(H2,53,67)(H2,54,68)(H,69,70,71)(H,72,73,74)(H,75,76,77)(H,78,79,80)(H,81,82,83)(H,84,85,86)(H,55,57,59,61)(H,56,58,60,62);;;;;;/q;6*+1/p-6. The van der Waals surface area contributed by atoms with Crippen LogP contribution in [0, 0.1) is 0 Å². The van der Waals surface area contributed by atoms with Crippen LogP contribution in [-0.2, 0) is 70.3 Å². The van der Waals surface area contributed by atoms with Crippen LogP contribution >= 0.6 is 0 Å². The van der Waals surface area contributed by atoms with E-state index in [-0.39, 0.29) is 240 Å². The molecule has 34 nitrogen and oxygen atoms in total. The van der Waals surface area contributed by atoms with Crippen LogP contribution in [0.15, 0.2) is 102 Å². The number of carbonyl (C=O) groups excluding carboxylic acids is 2. The maximum absolute atomic E-state index is 13.0. The molecule has 6 rings (SSSR count). The Bertz CT molecular complexity index is 4230. The molecule has 0 aliphatic rings. The number of anilines is 6.